The number of rotatable bonds is 8. The fourth-order valence-electron chi connectivity index (χ4n) is 7.76. The van der Waals surface area contributed by atoms with Crippen molar-refractivity contribution in [3.8, 4) is 0 Å². The molecule has 4 aliphatic rings. The van der Waals surface area contributed by atoms with Crippen molar-refractivity contribution in [3.63, 3.8) is 0 Å². The lowest BCUT2D eigenvalue weighted by Gasteiger charge is -2.40. The first kappa shape index (κ1) is 22.1. The molecule has 0 aromatic rings. The van der Waals surface area contributed by atoms with Crippen LogP contribution in [-0.4, -0.2) is 57.1 Å². The second kappa shape index (κ2) is 6.94. The first-order valence-electron chi connectivity index (χ1n) is 12.4. The summed E-state index contributed by atoms with van der Waals surface area (Å²) in [6.07, 6.45) is 8.97. The third-order valence-corrected chi connectivity index (χ3v) is 11.5. The molecule has 4 saturated carbocycles. The molecular weight excluding hydrogens is 358 g/mol. The minimum atomic E-state index is 0.377. The molecule has 0 aromatic heterocycles. The molecule has 4 aliphatic carbocycles. The molecule has 0 amide bonds. The van der Waals surface area contributed by atoms with Gasteiger partial charge in [-0.3, -0.25) is 0 Å². The van der Waals surface area contributed by atoms with E-state index in [0.29, 0.717) is 33.9 Å². The Morgan fingerprint density at radius 2 is 1.07 bits per heavy atom. The molecule has 0 spiro atoms. The van der Waals surface area contributed by atoms with E-state index in [2.05, 4.69) is 55.6 Å². The Balaban J connectivity index is 1.21. The van der Waals surface area contributed by atoms with Crippen molar-refractivity contribution in [2.24, 2.45) is 33.5 Å². The Kier molecular flexibility index (Phi) is 5.28. The van der Waals surface area contributed by atoms with E-state index in [1.54, 1.807) is 0 Å². The Morgan fingerprint density at radius 3 is 1.34 bits per heavy atom. The summed E-state index contributed by atoms with van der Waals surface area (Å²) in [7, 11) is 4.68. The van der Waals surface area contributed by atoms with Crippen LogP contribution in [0.1, 0.15) is 80.1 Å². The van der Waals surface area contributed by atoms with E-state index in [9.17, 15) is 0 Å². The average molecular weight is 407 g/mol. The molecule has 0 aromatic carbocycles. The van der Waals surface area contributed by atoms with E-state index in [4.69, 9.17) is 9.47 Å². The van der Waals surface area contributed by atoms with E-state index in [0.717, 1.165) is 42.6 Å². The smallest absolute Gasteiger partial charge is 0.102 e. The second-order valence-corrected chi connectivity index (χ2v) is 13.3. The first-order valence-corrected chi connectivity index (χ1v) is 12.4. The molecule has 0 unspecified atom stereocenters. The van der Waals surface area contributed by atoms with Crippen molar-refractivity contribution in [1.29, 1.82) is 0 Å². The van der Waals surface area contributed by atoms with Gasteiger partial charge in [0.2, 0.25) is 0 Å². The summed E-state index contributed by atoms with van der Waals surface area (Å²) >= 11 is 0. The molecular formula is C26H48NO2+. The molecule has 0 heterocycles. The molecule has 3 nitrogen and oxygen atoms in total. The molecule has 4 fully saturated rings. The lowest BCUT2D eigenvalue weighted by Crippen LogP contribution is -2.47. The van der Waals surface area contributed by atoms with Crippen molar-refractivity contribution in [2.75, 3.05) is 40.4 Å². The van der Waals surface area contributed by atoms with Gasteiger partial charge in [0, 0.05) is 0 Å². The highest BCUT2D eigenvalue weighted by molar-refractivity contribution is 5.12. The predicted molar refractivity (Wildman–Crippen MR) is 120 cm³/mol. The van der Waals surface area contributed by atoms with Crippen molar-refractivity contribution >= 4 is 0 Å². The highest BCUT2D eigenvalue weighted by Crippen LogP contribution is 2.67. The number of fused-ring (bicyclic) bond motifs is 4. The van der Waals surface area contributed by atoms with Crippen LogP contribution in [0.15, 0.2) is 0 Å². The van der Waals surface area contributed by atoms with Crippen LogP contribution in [-0.2, 0) is 9.47 Å². The van der Waals surface area contributed by atoms with Crippen LogP contribution in [0.2, 0.25) is 0 Å². The van der Waals surface area contributed by atoms with Crippen molar-refractivity contribution in [3.05, 3.63) is 0 Å². The summed E-state index contributed by atoms with van der Waals surface area (Å²) in [5, 5.41) is 0. The molecule has 3 heteroatoms. The lowest BCUT2D eigenvalue weighted by molar-refractivity contribution is -0.891. The Morgan fingerprint density at radius 1 is 0.690 bits per heavy atom. The zero-order valence-electron chi connectivity index (χ0n) is 20.6. The number of nitrogens with zero attached hydrogens (tertiary/aromatic N) is 1. The molecule has 4 rings (SSSR count). The highest BCUT2D eigenvalue weighted by Gasteiger charge is 2.62. The molecule has 0 N–H and O–H groups in total. The standard InChI is InChI=1S/C26H48NO2/c1-23(2)19-9-11-25(23,5)21(17-19)28-15-13-27(7,8)14-16-29-22-18-20-10-12-26(22,6)24(20,3)4/h19-22H,9-18H2,1-8H3/q+1/t19-,20+,21+,22-,25-,26+. The zero-order valence-corrected chi connectivity index (χ0v) is 20.6. The molecule has 0 radical (unpaired) electrons. The molecule has 4 bridgehead atoms. The van der Waals surface area contributed by atoms with Gasteiger partial charge in [-0.25, -0.2) is 0 Å². The number of hydrogen-bond donors (Lipinski definition) is 0. The summed E-state index contributed by atoms with van der Waals surface area (Å²) in [6.45, 7) is 18.8. The zero-order chi connectivity index (χ0) is 21.3. The molecule has 29 heavy (non-hydrogen) atoms. The monoisotopic (exact) mass is 406 g/mol. The van der Waals surface area contributed by atoms with Gasteiger partial charge in [0.15, 0.2) is 0 Å². The van der Waals surface area contributed by atoms with Crippen molar-refractivity contribution in [2.45, 2.75) is 92.3 Å². The van der Waals surface area contributed by atoms with E-state index in [1.165, 1.54) is 38.5 Å². The molecule has 6 atom stereocenters. The van der Waals surface area contributed by atoms with Crippen molar-refractivity contribution < 1.29 is 14.0 Å². The van der Waals surface area contributed by atoms with E-state index >= 15 is 0 Å². The van der Waals surface area contributed by atoms with Crippen LogP contribution in [0, 0.1) is 33.5 Å². The topological polar surface area (TPSA) is 18.5 Å². The fraction of sp³-hybridized carbons (Fsp3) is 1.00. The van der Waals surface area contributed by atoms with Gasteiger partial charge >= 0.3 is 0 Å². The number of hydrogen-bond acceptors (Lipinski definition) is 2. The van der Waals surface area contributed by atoms with E-state index < -0.39 is 0 Å². The summed E-state index contributed by atoms with van der Waals surface area (Å²) in [5.41, 5.74) is 1.64. The minimum Gasteiger partial charge on any atom is -0.372 e. The van der Waals surface area contributed by atoms with Crippen molar-refractivity contribution in [1.82, 2.24) is 0 Å². The maximum absolute atomic E-state index is 6.52. The maximum Gasteiger partial charge on any atom is 0.102 e. The average Bonchev–Trinajstić information content (AvgIpc) is 3.13. The van der Waals surface area contributed by atoms with Crippen LogP contribution in [0.25, 0.3) is 0 Å². The van der Waals surface area contributed by atoms with Gasteiger partial charge in [0.1, 0.15) is 13.1 Å². The molecule has 168 valence electrons. The predicted octanol–water partition coefficient (Wildman–Crippen LogP) is 5.53. The molecule has 0 saturated heterocycles. The third-order valence-electron chi connectivity index (χ3n) is 11.5. The van der Waals surface area contributed by atoms with Gasteiger partial charge in [-0.15, -0.1) is 0 Å². The Bertz CT molecular complexity index is 574. The maximum atomic E-state index is 6.52. The van der Waals surface area contributed by atoms with Crippen LogP contribution in [0.3, 0.4) is 0 Å². The van der Waals surface area contributed by atoms with Crippen LogP contribution in [0.5, 0.6) is 0 Å². The Hall–Kier alpha value is -0.120. The van der Waals surface area contributed by atoms with E-state index in [-0.39, 0.29) is 0 Å². The molecule has 0 aliphatic heterocycles. The quantitative estimate of drug-likeness (QED) is 0.494. The summed E-state index contributed by atoms with van der Waals surface area (Å²) in [4.78, 5) is 0. The minimum absolute atomic E-state index is 0.377. The van der Waals surface area contributed by atoms with Crippen LogP contribution >= 0.6 is 0 Å². The third kappa shape index (κ3) is 3.24. The SMILES string of the molecule is CC1(C)[C@H]2CC[C@@]1(C)[C@H](OCC[N+](C)(C)CCO[C@H]1C[C@H]3CC[C@@]1(C)C3(C)C)C2. The van der Waals surface area contributed by atoms with Gasteiger partial charge in [-0.1, -0.05) is 41.5 Å². The van der Waals surface area contributed by atoms with E-state index in [1.807, 2.05) is 0 Å². The summed E-state index contributed by atoms with van der Waals surface area (Å²) in [6, 6.07) is 0. The van der Waals surface area contributed by atoms with Gasteiger partial charge in [-0.2, -0.15) is 0 Å². The summed E-state index contributed by atoms with van der Waals surface area (Å²) < 4.78 is 14.0. The Labute approximate surface area is 180 Å². The fourth-order valence-corrected chi connectivity index (χ4v) is 7.76. The highest BCUT2D eigenvalue weighted by atomic mass is 16.5. The first-order chi connectivity index (χ1) is 13.3. The number of ether oxygens (including phenoxy) is 2. The van der Waals surface area contributed by atoms with Gasteiger partial charge in [0.25, 0.3) is 0 Å². The van der Waals surface area contributed by atoms with Gasteiger partial charge in [0.05, 0.1) is 39.5 Å². The van der Waals surface area contributed by atoms with Crippen LogP contribution in [0.4, 0.5) is 0 Å². The lowest BCUT2D eigenvalue weighted by atomic mass is 9.70. The largest absolute Gasteiger partial charge is 0.372 e. The summed E-state index contributed by atoms with van der Waals surface area (Å²) in [5.74, 6) is 1.72. The van der Waals surface area contributed by atoms with Gasteiger partial charge < -0.3 is 14.0 Å². The number of likely N-dealkylation sites (N-methyl/N-ethyl adjacent to an activating group) is 1. The number of quaternary nitrogens is 1. The normalized spacial score (nSPS) is 44.7. The van der Waals surface area contributed by atoms with Crippen LogP contribution < -0.4 is 0 Å². The van der Waals surface area contributed by atoms with Gasteiger partial charge in [-0.05, 0) is 72.0 Å². The second-order valence-electron chi connectivity index (χ2n) is 13.3.